The SMILES string of the molecule is CC(C)C(=O)Nc1cccc(-c2ccc(C(=O)N3CCN(C(O)C4(O)CC4)CC3)cc2)c1. The van der Waals surface area contributed by atoms with Crippen molar-refractivity contribution in [3.63, 3.8) is 0 Å². The van der Waals surface area contributed by atoms with Crippen LogP contribution in [0.15, 0.2) is 48.5 Å². The molecule has 7 nitrogen and oxygen atoms in total. The molecule has 2 aliphatic rings. The largest absolute Gasteiger partial charge is 0.386 e. The first-order valence-electron chi connectivity index (χ1n) is 11.2. The average Bonchev–Trinajstić information content (AvgIpc) is 3.57. The van der Waals surface area contributed by atoms with Gasteiger partial charge in [0.15, 0.2) is 0 Å². The van der Waals surface area contributed by atoms with Crippen molar-refractivity contribution in [1.82, 2.24) is 9.80 Å². The minimum atomic E-state index is -0.961. The molecule has 1 unspecified atom stereocenters. The second kappa shape index (κ2) is 9.02. The molecule has 1 atom stereocenters. The number of carbonyl (C=O) groups is 2. The van der Waals surface area contributed by atoms with Gasteiger partial charge in [-0.25, -0.2) is 0 Å². The van der Waals surface area contributed by atoms with E-state index in [-0.39, 0.29) is 17.7 Å². The van der Waals surface area contributed by atoms with E-state index in [0.29, 0.717) is 44.6 Å². The number of carbonyl (C=O) groups excluding carboxylic acids is 2. The molecule has 0 aromatic heterocycles. The average molecular weight is 438 g/mol. The third-order valence-corrected chi connectivity index (χ3v) is 6.31. The van der Waals surface area contributed by atoms with E-state index in [1.165, 1.54) is 0 Å². The Morgan fingerprint density at radius 3 is 2.22 bits per heavy atom. The van der Waals surface area contributed by atoms with Crippen molar-refractivity contribution in [3.05, 3.63) is 54.1 Å². The van der Waals surface area contributed by atoms with E-state index < -0.39 is 11.8 Å². The monoisotopic (exact) mass is 437 g/mol. The number of rotatable bonds is 6. The zero-order valence-corrected chi connectivity index (χ0v) is 18.6. The summed E-state index contributed by atoms with van der Waals surface area (Å²) in [4.78, 5) is 28.5. The summed E-state index contributed by atoms with van der Waals surface area (Å²) in [5, 5.41) is 23.3. The van der Waals surface area contributed by atoms with Crippen LogP contribution in [0.1, 0.15) is 37.0 Å². The number of piperazine rings is 1. The first-order chi connectivity index (χ1) is 15.3. The normalized spacial score (nSPS) is 19.0. The number of hydrogen-bond donors (Lipinski definition) is 3. The highest BCUT2D eigenvalue weighted by Gasteiger charge is 2.50. The summed E-state index contributed by atoms with van der Waals surface area (Å²) in [7, 11) is 0. The van der Waals surface area contributed by atoms with E-state index in [9.17, 15) is 19.8 Å². The van der Waals surface area contributed by atoms with Gasteiger partial charge in [-0.05, 0) is 48.2 Å². The fourth-order valence-corrected chi connectivity index (χ4v) is 3.95. The standard InChI is InChI=1S/C25H31N3O4/c1-17(2)22(29)26-21-5-3-4-20(16-21)18-6-8-19(9-7-18)23(30)27-12-14-28(15-13-27)24(31)25(32)10-11-25/h3-9,16-17,24,31-32H,10-15H2,1-2H3,(H,26,29). The van der Waals surface area contributed by atoms with Crippen LogP contribution in [0, 0.1) is 5.92 Å². The van der Waals surface area contributed by atoms with Crippen LogP contribution in [0.5, 0.6) is 0 Å². The van der Waals surface area contributed by atoms with Crippen LogP contribution in [0.4, 0.5) is 5.69 Å². The predicted octanol–water partition coefficient (Wildman–Crippen LogP) is 2.55. The summed E-state index contributed by atoms with van der Waals surface area (Å²) in [5.41, 5.74) is 2.33. The van der Waals surface area contributed by atoms with Crippen molar-refractivity contribution in [2.75, 3.05) is 31.5 Å². The van der Waals surface area contributed by atoms with Crippen molar-refractivity contribution < 1.29 is 19.8 Å². The first kappa shape index (κ1) is 22.5. The Bertz CT molecular complexity index is 977. The Morgan fingerprint density at radius 2 is 1.62 bits per heavy atom. The highest BCUT2D eigenvalue weighted by atomic mass is 16.4. The van der Waals surface area contributed by atoms with Crippen LogP contribution < -0.4 is 5.32 Å². The van der Waals surface area contributed by atoms with E-state index in [0.717, 1.165) is 16.8 Å². The summed E-state index contributed by atoms with van der Waals surface area (Å²) in [6.07, 6.45) is 0.416. The van der Waals surface area contributed by atoms with Gasteiger partial charge in [-0.2, -0.15) is 0 Å². The van der Waals surface area contributed by atoms with Crippen LogP contribution >= 0.6 is 0 Å². The summed E-state index contributed by atoms with van der Waals surface area (Å²) >= 11 is 0. The van der Waals surface area contributed by atoms with Gasteiger partial charge < -0.3 is 20.4 Å². The van der Waals surface area contributed by atoms with Crippen molar-refractivity contribution in [2.45, 2.75) is 38.5 Å². The lowest BCUT2D eigenvalue weighted by Gasteiger charge is -2.38. The fourth-order valence-electron chi connectivity index (χ4n) is 3.95. The summed E-state index contributed by atoms with van der Waals surface area (Å²) < 4.78 is 0. The zero-order valence-electron chi connectivity index (χ0n) is 18.6. The maximum Gasteiger partial charge on any atom is 0.253 e. The van der Waals surface area contributed by atoms with Gasteiger partial charge in [0, 0.05) is 43.3 Å². The molecule has 3 N–H and O–H groups in total. The molecule has 0 bridgehead atoms. The number of aliphatic hydroxyl groups is 2. The van der Waals surface area contributed by atoms with E-state index in [2.05, 4.69) is 5.32 Å². The van der Waals surface area contributed by atoms with Crippen molar-refractivity contribution >= 4 is 17.5 Å². The number of benzene rings is 2. The molecule has 2 fully saturated rings. The Balaban J connectivity index is 1.38. The molecular weight excluding hydrogens is 406 g/mol. The number of aliphatic hydroxyl groups excluding tert-OH is 1. The Hall–Kier alpha value is -2.74. The minimum Gasteiger partial charge on any atom is -0.386 e. The number of anilines is 1. The van der Waals surface area contributed by atoms with Crippen LogP contribution in [-0.2, 0) is 4.79 Å². The molecule has 1 heterocycles. The number of hydrogen-bond acceptors (Lipinski definition) is 5. The minimum absolute atomic E-state index is 0.0259. The lowest BCUT2D eigenvalue weighted by Crippen LogP contribution is -2.55. The smallest absolute Gasteiger partial charge is 0.253 e. The molecule has 7 heteroatoms. The third kappa shape index (κ3) is 4.85. The van der Waals surface area contributed by atoms with Gasteiger partial charge in [-0.3, -0.25) is 14.5 Å². The van der Waals surface area contributed by atoms with Gasteiger partial charge in [0.2, 0.25) is 5.91 Å². The highest BCUT2D eigenvalue weighted by molar-refractivity contribution is 5.95. The second-order valence-electron chi connectivity index (χ2n) is 9.11. The van der Waals surface area contributed by atoms with Crippen LogP contribution in [-0.4, -0.2) is 69.8 Å². The maximum absolute atomic E-state index is 12.9. The van der Waals surface area contributed by atoms with Crippen molar-refractivity contribution in [3.8, 4) is 11.1 Å². The fraction of sp³-hybridized carbons (Fsp3) is 0.440. The van der Waals surface area contributed by atoms with Crippen LogP contribution in [0.25, 0.3) is 11.1 Å². The van der Waals surface area contributed by atoms with Crippen molar-refractivity contribution in [2.24, 2.45) is 5.92 Å². The predicted molar refractivity (Wildman–Crippen MR) is 123 cm³/mol. The third-order valence-electron chi connectivity index (χ3n) is 6.31. The molecule has 32 heavy (non-hydrogen) atoms. The lowest BCUT2D eigenvalue weighted by atomic mass is 10.0. The molecular formula is C25H31N3O4. The van der Waals surface area contributed by atoms with Gasteiger partial charge in [-0.1, -0.05) is 38.1 Å². The van der Waals surface area contributed by atoms with Gasteiger partial charge in [-0.15, -0.1) is 0 Å². The van der Waals surface area contributed by atoms with E-state index in [1.807, 2.05) is 67.3 Å². The Labute approximate surface area is 188 Å². The number of nitrogens with one attached hydrogen (secondary N) is 1. The van der Waals surface area contributed by atoms with Gasteiger partial charge >= 0.3 is 0 Å². The van der Waals surface area contributed by atoms with E-state index >= 15 is 0 Å². The van der Waals surface area contributed by atoms with Crippen LogP contribution in [0.2, 0.25) is 0 Å². The zero-order chi connectivity index (χ0) is 22.9. The van der Waals surface area contributed by atoms with Gasteiger partial charge in [0.25, 0.3) is 5.91 Å². The number of amides is 2. The molecule has 1 aliphatic carbocycles. The lowest BCUT2D eigenvalue weighted by molar-refractivity contribution is -0.118. The second-order valence-corrected chi connectivity index (χ2v) is 9.11. The van der Waals surface area contributed by atoms with E-state index in [4.69, 9.17) is 0 Å². The first-order valence-corrected chi connectivity index (χ1v) is 11.2. The molecule has 1 saturated carbocycles. The van der Waals surface area contributed by atoms with Gasteiger partial charge in [0.05, 0.1) is 0 Å². The molecule has 0 spiro atoms. The molecule has 2 amide bonds. The molecule has 4 rings (SSSR count). The quantitative estimate of drug-likeness (QED) is 0.646. The van der Waals surface area contributed by atoms with Crippen molar-refractivity contribution in [1.29, 1.82) is 0 Å². The van der Waals surface area contributed by atoms with Gasteiger partial charge in [0.1, 0.15) is 11.8 Å². The highest BCUT2D eigenvalue weighted by Crippen LogP contribution is 2.39. The topological polar surface area (TPSA) is 93.1 Å². The van der Waals surface area contributed by atoms with Crippen LogP contribution in [0.3, 0.4) is 0 Å². The molecule has 2 aromatic carbocycles. The molecule has 1 saturated heterocycles. The summed E-state index contributed by atoms with van der Waals surface area (Å²) in [5.74, 6) is -0.150. The maximum atomic E-state index is 12.9. The number of nitrogens with zero attached hydrogens (tertiary/aromatic N) is 2. The summed E-state index contributed by atoms with van der Waals surface area (Å²) in [6, 6.07) is 15.1. The van der Waals surface area contributed by atoms with E-state index in [1.54, 1.807) is 4.90 Å². The molecule has 0 radical (unpaired) electrons. The summed E-state index contributed by atoms with van der Waals surface area (Å²) in [6.45, 7) is 5.83. The molecule has 170 valence electrons. The Kier molecular flexibility index (Phi) is 6.33. The Morgan fingerprint density at radius 1 is 0.969 bits per heavy atom. The molecule has 1 aliphatic heterocycles. The molecule has 2 aromatic rings.